The number of hydrogen-bond acceptors (Lipinski definition) is 6. The molecule has 4 heterocycles. The van der Waals surface area contributed by atoms with Gasteiger partial charge in [0.25, 0.3) is 11.8 Å². The van der Waals surface area contributed by atoms with E-state index in [1.54, 1.807) is 24.3 Å². The van der Waals surface area contributed by atoms with Crippen molar-refractivity contribution in [3.63, 3.8) is 0 Å². The van der Waals surface area contributed by atoms with Gasteiger partial charge >= 0.3 is 0 Å². The summed E-state index contributed by atoms with van der Waals surface area (Å²) in [6.45, 7) is 3.02. The van der Waals surface area contributed by atoms with Crippen LogP contribution < -0.4 is 5.32 Å². The van der Waals surface area contributed by atoms with Crippen molar-refractivity contribution < 1.29 is 9.59 Å². The zero-order valence-corrected chi connectivity index (χ0v) is 15.9. The van der Waals surface area contributed by atoms with Crippen molar-refractivity contribution in [3.05, 3.63) is 52.6 Å². The van der Waals surface area contributed by atoms with Gasteiger partial charge in [-0.15, -0.1) is 11.3 Å². The quantitative estimate of drug-likeness (QED) is 0.753. The lowest BCUT2D eigenvalue weighted by atomic mass is 9.95. The molecule has 3 aromatic heterocycles. The Morgan fingerprint density at radius 1 is 1.26 bits per heavy atom. The Morgan fingerprint density at radius 3 is 2.85 bits per heavy atom. The standard InChI is InChI=1S/C19H19N5O2S/c1-11-8-23-14(9-22-11)19(26)24-7-5-12(10-24)15-13-4-3-6-21-18(13)27-16(15)17(25)20-2/h3-4,6,8-9,12H,5,7,10H2,1-2H3,(H,20,25)/t12-/m0/s1. The van der Waals surface area contributed by atoms with Crippen LogP contribution in [0.3, 0.4) is 0 Å². The fourth-order valence-corrected chi connectivity index (χ4v) is 4.66. The van der Waals surface area contributed by atoms with Gasteiger partial charge in [-0.1, -0.05) is 6.07 Å². The van der Waals surface area contributed by atoms with Crippen molar-refractivity contribution in [3.8, 4) is 0 Å². The van der Waals surface area contributed by atoms with Crippen molar-refractivity contribution in [2.24, 2.45) is 0 Å². The highest BCUT2D eigenvalue weighted by Crippen LogP contribution is 2.39. The number of thiophene rings is 1. The third-order valence-corrected chi connectivity index (χ3v) is 5.95. The van der Waals surface area contributed by atoms with Gasteiger partial charge < -0.3 is 10.2 Å². The van der Waals surface area contributed by atoms with Gasteiger partial charge in [0.15, 0.2) is 0 Å². The van der Waals surface area contributed by atoms with Crippen molar-refractivity contribution in [2.45, 2.75) is 19.3 Å². The molecule has 1 saturated heterocycles. The smallest absolute Gasteiger partial charge is 0.274 e. The van der Waals surface area contributed by atoms with Gasteiger partial charge in [-0.25, -0.2) is 9.97 Å². The van der Waals surface area contributed by atoms with Crippen LogP contribution in [0.2, 0.25) is 0 Å². The van der Waals surface area contributed by atoms with E-state index in [1.807, 2.05) is 19.1 Å². The van der Waals surface area contributed by atoms with E-state index >= 15 is 0 Å². The molecule has 0 aromatic carbocycles. The van der Waals surface area contributed by atoms with Crippen LogP contribution in [0.5, 0.6) is 0 Å². The SMILES string of the molecule is CNC(=O)c1sc2ncccc2c1[C@H]1CCN(C(=O)c2cnc(C)cn2)C1. The summed E-state index contributed by atoms with van der Waals surface area (Å²) >= 11 is 1.40. The summed E-state index contributed by atoms with van der Waals surface area (Å²) in [5.74, 6) is -0.135. The zero-order chi connectivity index (χ0) is 19.0. The minimum atomic E-state index is -0.121. The minimum Gasteiger partial charge on any atom is -0.354 e. The van der Waals surface area contributed by atoms with Crippen LogP contribution >= 0.6 is 11.3 Å². The van der Waals surface area contributed by atoms with E-state index in [9.17, 15) is 9.59 Å². The number of aryl methyl sites for hydroxylation is 1. The first kappa shape index (κ1) is 17.5. The van der Waals surface area contributed by atoms with Gasteiger partial charge in [0.2, 0.25) is 0 Å². The van der Waals surface area contributed by atoms with Crippen LogP contribution in [0.1, 0.15) is 43.8 Å². The highest BCUT2D eigenvalue weighted by atomic mass is 32.1. The summed E-state index contributed by atoms with van der Waals surface area (Å²) in [5, 5.41) is 3.71. The molecule has 7 nitrogen and oxygen atoms in total. The molecular formula is C19H19N5O2S. The lowest BCUT2D eigenvalue weighted by molar-refractivity contribution is 0.0784. The van der Waals surface area contributed by atoms with Crippen LogP contribution in [0, 0.1) is 6.92 Å². The Morgan fingerprint density at radius 2 is 2.11 bits per heavy atom. The van der Waals surface area contributed by atoms with E-state index in [0.717, 1.165) is 27.9 Å². The number of amides is 2. The van der Waals surface area contributed by atoms with Crippen LogP contribution in [-0.2, 0) is 0 Å². The number of nitrogens with one attached hydrogen (secondary N) is 1. The topological polar surface area (TPSA) is 88.1 Å². The average molecular weight is 381 g/mol. The monoisotopic (exact) mass is 381 g/mol. The summed E-state index contributed by atoms with van der Waals surface area (Å²) in [6, 6.07) is 3.88. The maximum atomic E-state index is 12.7. The maximum Gasteiger partial charge on any atom is 0.274 e. The predicted octanol–water partition coefficient (Wildman–Crippen LogP) is 2.38. The summed E-state index contributed by atoms with van der Waals surface area (Å²) in [5.41, 5.74) is 2.12. The van der Waals surface area contributed by atoms with E-state index in [0.29, 0.717) is 23.7 Å². The maximum absolute atomic E-state index is 12.7. The fourth-order valence-electron chi connectivity index (χ4n) is 3.48. The second-order valence-electron chi connectivity index (χ2n) is 6.56. The Balaban J connectivity index is 1.64. The molecule has 1 N–H and O–H groups in total. The Kier molecular flexibility index (Phi) is 4.57. The van der Waals surface area contributed by atoms with Crippen molar-refractivity contribution >= 4 is 33.4 Å². The minimum absolute atomic E-state index is 0.0950. The third kappa shape index (κ3) is 3.16. The van der Waals surface area contributed by atoms with Gasteiger partial charge in [-0.2, -0.15) is 0 Å². The van der Waals surface area contributed by atoms with Crippen molar-refractivity contribution in [1.29, 1.82) is 0 Å². The first-order valence-electron chi connectivity index (χ1n) is 8.76. The summed E-state index contributed by atoms with van der Waals surface area (Å²) in [6.07, 6.45) is 5.65. The molecule has 0 unspecified atom stereocenters. The first-order valence-corrected chi connectivity index (χ1v) is 9.57. The predicted molar refractivity (Wildman–Crippen MR) is 103 cm³/mol. The Hall–Kier alpha value is -2.87. The molecule has 0 spiro atoms. The molecule has 8 heteroatoms. The molecule has 4 rings (SSSR count). The number of likely N-dealkylation sites (tertiary alicyclic amines) is 1. The molecule has 3 aromatic rings. The molecule has 138 valence electrons. The van der Waals surface area contributed by atoms with Crippen molar-refractivity contribution in [1.82, 2.24) is 25.2 Å². The van der Waals surface area contributed by atoms with Gasteiger partial charge in [0.05, 0.1) is 16.8 Å². The van der Waals surface area contributed by atoms with E-state index < -0.39 is 0 Å². The second-order valence-corrected chi connectivity index (χ2v) is 7.56. The molecule has 27 heavy (non-hydrogen) atoms. The number of carbonyl (C=O) groups is 2. The van der Waals surface area contributed by atoms with Gasteiger partial charge in [-0.3, -0.25) is 14.6 Å². The molecule has 1 aliphatic rings. The normalized spacial score (nSPS) is 16.7. The van der Waals surface area contributed by atoms with E-state index in [2.05, 4.69) is 20.3 Å². The number of carbonyl (C=O) groups excluding carboxylic acids is 2. The molecule has 0 saturated carbocycles. The summed E-state index contributed by atoms with van der Waals surface area (Å²) < 4.78 is 0. The number of aromatic nitrogens is 3. The first-order chi connectivity index (χ1) is 13.1. The number of rotatable bonds is 3. The Labute approximate surface area is 160 Å². The van der Waals surface area contributed by atoms with Crippen LogP contribution in [0.25, 0.3) is 10.2 Å². The molecule has 2 amide bonds. The number of pyridine rings is 1. The van der Waals surface area contributed by atoms with Gasteiger partial charge in [0.1, 0.15) is 10.5 Å². The van der Waals surface area contributed by atoms with Crippen LogP contribution in [-0.4, -0.2) is 51.8 Å². The van der Waals surface area contributed by atoms with E-state index in [-0.39, 0.29) is 17.7 Å². The van der Waals surface area contributed by atoms with Crippen LogP contribution in [0.15, 0.2) is 30.7 Å². The largest absolute Gasteiger partial charge is 0.354 e. The van der Waals surface area contributed by atoms with Gasteiger partial charge in [0, 0.05) is 43.8 Å². The molecule has 0 radical (unpaired) electrons. The highest BCUT2D eigenvalue weighted by molar-refractivity contribution is 7.20. The highest BCUT2D eigenvalue weighted by Gasteiger charge is 2.33. The molecular weight excluding hydrogens is 362 g/mol. The van der Waals surface area contributed by atoms with E-state index in [1.165, 1.54) is 17.5 Å². The molecule has 1 fully saturated rings. The lowest BCUT2D eigenvalue weighted by Crippen LogP contribution is -2.29. The van der Waals surface area contributed by atoms with E-state index in [4.69, 9.17) is 0 Å². The second kappa shape index (κ2) is 7.03. The summed E-state index contributed by atoms with van der Waals surface area (Å²) in [7, 11) is 1.63. The van der Waals surface area contributed by atoms with Gasteiger partial charge in [-0.05, 0) is 25.0 Å². The number of fused-ring (bicyclic) bond motifs is 1. The average Bonchev–Trinajstić information content (AvgIpc) is 3.32. The van der Waals surface area contributed by atoms with Crippen molar-refractivity contribution in [2.75, 3.05) is 20.1 Å². The lowest BCUT2D eigenvalue weighted by Gasteiger charge is -2.16. The van der Waals surface area contributed by atoms with Crippen LogP contribution in [0.4, 0.5) is 0 Å². The number of hydrogen-bond donors (Lipinski definition) is 1. The molecule has 0 aliphatic carbocycles. The zero-order valence-electron chi connectivity index (χ0n) is 15.1. The molecule has 1 atom stereocenters. The number of nitrogens with zero attached hydrogens (tertiary/aromatic N) is 4. The molecule has 1 aliphatic heterocycles. The fraction of sp³-hybridized carbons (Fsp3) is 0.316. The molecule has 0 bridgehead atoms. The third-order valence-electron chi connectivity index (χ3n) is 4.82. The Bertz CT molecular complexity index is 1010. The summed E-state index contributed by atoms with van der Waals surface area (Å²) in [4.78, 5) is 41.2.